The highest BCUT2D eigenvalue weighted by Gasteiger charge is 2.31. The Morgan fingerprint density at radius 2 is 2.31 bits per heavy atom. The lowest BCUT2D eigenvalue weighted by Crippen LogP contribution is -2.03. The fraction of sp³-hybridized carbons (Fsp3) is 0.400. The van der Waals surface area contributed by atoms with Crippen LogP contribution in [-0.2, 0) is 0 Å². The molecule has 0 atom stereocenters. The fourth-order valence-electron chi connectivity index (χ4n) is 1.29. The van der Waals surface area contributed by atoms with Crippen molar-refractivity contribution >= 4 is 17.4 Å². The molecule has 3 heteroatoms. The van der Waals surface area contributed by atoms with Crippen molar-refractivity contribution in [3.63, 3.8) is 0 Å². The van der Waals surface area contributed by atoms with Gasteiger partial charge in [-0.2, -0.15) is 0 Å². The Morgan fingerprint density at radius 1 is 1.62 bits per heavy atom. The molecule has 1 aromatic heterocycles. The van der Waals surface area contributed by atoms with Gasteiger partial charge >= 0.3 is 0 Å². The third-order valence-corrected chi connectivity index (χ3v) is 2.49. The average Bonchev–Trinajstić information content (AvgIpc) is 2.91. The molecule has 1 aromatic rings. The molecule has 2 rings (SSSR count). The first-order valence-electron chi connectivity index (χ1n) is 4.35. The van der Waals surface area contributed by atoms with Gasteiger partial charge in [0.25, 0.3) is 0 Å². The van der Waals surface area contributed by atoms with E-state index in [1.165, 1.54) is 0 Å². The van der Waals surface area contributed by atoms with Gasteiger partial charge < -0.3 is 0 Å². The number of ketones is 1. The highest BCUT2D eigenvalue weighted by molar-refractivity contribution is 6.32. The topological polar surface area (TPSA) is 30.0 Å². The maximum atomic E-state index is 11.7. The largest absolute Gasteiger partial charge is 0.294 e. The number of halogens is 1. The van der Waals surface area contributed by atoms with Crippen molar-refractivity contribution in [2.24, 2.45) is 5.92 Å². The summed E-state index contributed by atoms with van der Waals surface area (Å²) in [6.45, 7) is 1.91. The Balaban J connectivity index is 2.37. The number of Topliss-reactive ketones (excluding diaryl/α,β-unsaturated/α-hetero) is 1. The molecule has 1 heterocycles. The molecular weight excluding hydrogens is 186 g/mol. The standard InChI is InChI=1S/C10H10ClNO/c1-6-4-8(10(11)12-5-6)9(13)7-2-3-7/h4-5,7H,2-3H2,1H3. The Labute approximate surface area is 81.9 Å². The summed E-state index contributed by atoms with van der Waals surface area (Å²) in [6.07, 6.45) is 3.68. The minimum Gasteiger partial charge on any atom is -0.294 e. The van der Waals surface area contributed by atoms with E-state index in [0.29, 0.717) is 10.7 Å². The van der Waals surface area contributed by atoms with Gasteiger partial charge in [-0.1, -0.05) is 11.6 Å². The van der Waals surface area contributed by atoms with Gasteiger partial charge in [-0.3, -0.25) is 4.79 Å². The van der Waals surface area contributed by atoms with Crippen LogP contribution in [0.2, 0.25) is 5.15 Å². The minimum atomic E-state index is 0.154. The highest BCUT2D eigenvalue weighted by Crippen LogP contribution is 2.34. The molecular formula is C10H10ClNO. The minimum absolute atomic E-state index is 0.154. The van der Waals surface area contributed by atoms with E-state index in [1.54, 1.807) is 6.20 Å². The summed E-state index contributed by atoms with van der Waals surface area (Å²) >= 11 is 5.83. The van der Waals surface area contributed by atoms with E-state index in [-0.39, 0.29) is 11.7 Å². The molecule has 1 aliphatic carbocycles. The maximum Gasteiger partial charge on any atom is 0.169 e. The zero-order chi connectivity index (χ0) is 9.42. The van der Waals surface area contributed by atoms with Gasteiger partial charge in [0.05, 0.1) is 5.56 Å². The second-order valence-corrected chi connectivity index (χ2v) is 3.85. The van der Waals surface area contributed by atoms with E-state index in [9.17, 15) is 4.79 Å². The Kier molecular flexibility index (Phi) is 2.08. The summed E-state index contributed by atoms with van der Waals surface area (Å²) in [4.78, 5) is 15.6. The van der Waals surface area contributed by atoms with Crippen molar-refractivity contribution < 1.29 is 4.79 Å². The van der Waals surface area contributed by atoms with Crippen LogP contribution in [0.5, 0.6) is 0 Å². The van der Waals surface area contributed by atoms with Crippen LogP contribution in [-0.4, -0.2) is 10.8 Å². The molecule has 1 fully saturated rings. The van der Waals surface area contributed by atoms with Crippen LogP contribution in [0.3, 0.4) is 0 Å². The molecule has 0 saturated heterocycles. The molecule has 0 N–H and O–H groups in total. The van der Waals surface area contributed by atoms with Crippen LogP contribution >= 0.6 is 11.6 Å². The first-order chi connectivity index (χ1) is 6.18. The van der Waals surface area contributed by atoms with E-state index < -0.39 is 0 Å². The summed E-state index contributed by atoms with van der Waals surface area (Å²) in [5.41, 5.74) is 1.57. The van der Waals surface area contributed by atoms with Gasteiger partial charge in [0.1, 0.15) is 5.15 Å². The van der Waals surface area contributed by atoms with Crippen LogP contribution in [0, 0.1) is 12.8 Å². The van der Waals surface area contributed by atoms with Crippen LogP contribution in [0.4, 0.5) is 0 Å². The lowest BCUT2D eigenvalue weighted by Gasteiger charge is -2.01. The number of carbonyl (C=O) groups excluding carboxylic acids is 1. The van der Waals surface area contributed by atoms with E-state index in [1.807, 2.05) is 13.0 Å². The smallest absolute Gasteiger partial charge is 0.169 e. The summed E-state index contributed by atoms with van der Waals surface area (Å²) in [5.74, 6) is 0.363. The fourth-order valence-corrected chi connectivity index (χ4v) is 1.49. The predicted molar refractivity (Wildman–Crippen MR) is 51.0 cm³/mol. The number of hydrogen-bond donors (Lipinski definition) is 0. The van der Waals surface area contributed by atoms with Crippen molar-refractivity contribution in [2.75, 3.05) is 0 Å². The second kappa shape index (κ2) is 3.11. The Bertz CT molecular complexity index is 358. The van der Waals surface area contributed by atoms with Crippen molar-refractivity contribution in [3.8, 4) is 0 Å². The van der Waals surface area contributed by atoms with Gasteiger partial charge in [-0.15, -0.1) is 0 Å². The summed E-state index contributed by atoms with van der Waals surface area (Å²) in [5, 5.41) is 0.336. The van der Waals surface area contributed by atoms with Crippen molar-refractivity contribution in [1.29, 1.82) is 0 Å². The monoisotopic (exact) mass is 195 g/mol. The van der Waals surface area contributed by atoms with E-state index >= 15 is 0 Å². The highest BCUT2D eigenvalue weighted by atomic mass is 35.5. The SMILES string of the molecule is Cc1cnc(Cl)c(C(=O)C2CC2)c1. The molecule has 1 saturated carbocycles. The summed E-state index contributed by atoms with van der Waals surface area (Å²) < 4.78 is 0. The van der Waals surface area contributed by atoms with Gasteiger partial charge in [-0.25, -0.2) is 4.98 Å². The molecule has 0 bridgehead atoms. The third-order valence-electron chi connectivity index (χ3n) is 2.19. The number of nitrogens with zero attached hydrogens (tertiary/aromatic N) is 1. The normalized spacial score (nSPS) is 15.8. The molecule has 2 nitrogen and oxygen atoms in total. The second-order valence-electron chi connectivity index (χ2n) is 3.49. The van der Waals surface area contributed by atoms with Crippen LogP contribution < -0.4 is 0 Å². The molecule has 1 aliphatic rings. The van der Waals surface area contributed by atoms with Gasteiger partial charge in [0.2, 0.25) is 0 Å². The number of carbonyl (C=O) groups is 1. The lowest BCUT2D eigenvalue weighted by molar-refractivity contribution is 0.0967. The number of aromatic nitrogens is 1. The van der Waals surface area contributed by atoms with E-state index in [0.717, 1.165) is 18.4 Å². The summed E-state index contributed by atoms with van der Waals surface area (Å²) in [6, 6.07) is 1.82. The van der Waals surface area contributed by atoms with Crippen molar-refractivity contribution in [1.82, 2.24) is 4.98 Å². The van der Waals surface area contributed by atoms with Crippen molar-refractivity contribution in [2.45, 2.75) is 19.8 Å². The Morgan fingerprint density at radius 3 is 2.92 bits per heavy atom. The quantitative estimate of drug-likeness (QED) is 0.537. The van der Waals surface area contributed by atoms with Gasteiger partial charge in [0.15, 0.2) is 5.78 Å². The zero-order valence-electron chi connectivity index (χ0n) is 7.38. The molecule has 0 amide bonds. The lowest BCUT2D eigenvalue weighted by atomic mass is 10.1. The molecule has 0 aromatic carbocycles. The van der Waals surface area contributed by atoms with Crippen molar-refractivity contribution in [3.05, 3.63) is 28.5 Å². The van der Waals surface area contributed by atoms with Crippen LogP contribution in [0.15, 0.2) is 12.3 Å². The molecule has 0 unspecified atom stereocenters. The summed E-state index contributed by atoms with van der Waals surface area (Å²) in [7, 11) is 0. The maximum absolute atomic E-state index is 11.7. The molecule has 0 aliphatic heterocycles. The number of rotatable bonds is 2. The average molecular weight is 196 g/mol. The number of aryl methyl sites for hydroxylation is 1. The molecule has 0 spiro atoms. The first kappa shape index (κ1) is 8.70. The zero-order valence-corrected chi connectivity index (χ0v) is 8.14. The molecule has 68 valence electrons. The Hall–Kier alpha value is -0.890. The van der Waals surface area contributed by atoms with Gasteiger partial charge in [0, 0.05) is 12.1 Å². The van der Waals surface area contributed by atoms with E-state index in [2.05, 4.69) is 4.98 Å². The third kappa shape index (κ3) is 1.73. The number of hydrogen-bond acceptors (Lipinski definition) is 2. The van der Waals surface area contributed by atoms with E-state index in [4.69, 9.17) is 11.6 Å². The number of pyridine rings is 1. The van der Waals surface area contributed by atoms with Gasteiger partial charge in [-0.05, 0) is 31.4 Å². The van der Waals surface area contributed by atoms with Crippen LogP contribution in [0.25, 0.3) is 0 Å². The first-order valence-corrected chi connectivity index (χ1v) is 4.72. The van der Waals surface area contributed by atoms with Crippen LogP contribution in [0.1, 0.15) is 28.8 Å². The molecule has 13 heavy (non-hydrogen) atoms. The molecule has 0 radical (unpaired) electrons. The predicted octanol–water partition coefficient (Wildman–Crippen LogP) is 2.64.